The number of benzene rings is 1. The van der Waals surface area contributed by atoms with Gasteiger partial charge in [-0.3, -0.25) is 0 Å². The molecule has 2 aromatic heterocycles. The van der Waals surface area contributed by atoms with Gasteiger partial charge in [-0.05, 0) is 36.8 Å². The highest BCUT2D eigenvalue weighted by Crippen LogP contribution is 2.21. The number of hydrogen-bond donors (Lipinski definition) is 1. The number of nitriles is 1. The molecule has 2 heterocycles. The first-order valence-corrected chi connectivity index (χ1v) is 6.84. The lowest BCUT2D eigenvalue weighted by Crippen LogP contribution is -2.09. The molecule has 3 rings (SSSR count). The minimum atomic E-state index is 0.0341. The molecule has 0 spiro atoms. The normalized spacial score (nSPS) is 11.6. The van der Waals surface area contributed by atoms with Gasteiger partial charge in [0.2, 0.25) is 0 Å². The Kier molecular flexibility index (Phi) is 3.79. The lowest BCUT2D eigenvalue weighted by atomic mass is 10.1. The summed E-state index contributed by atoms with van der Waals surface area (Å²) in [5, 5.41) is 16.5. The lowest BCUT2D eigenvalue weighted by molar-refractivity contribution is 0.857. The standard InChI is InChI=1S/C16H14N6/c1-12(21-16-14(9-17)3-2-8-19-16)13-4-6-15(7-5-13)22-11-18-10-20-22/h2-8,10-12H,1H3,(H,19,21)/t12-/m1/s1. The maximum absolute atomic E-state index is 9.10. The number of hydrogen-bond acceptors (Lipinski definition) is 5. The molecular weight excluding hydrogens is 276 g/mol. The van der Waals surface area contributed by atoms with E-state index in [1.54, 1.807) is 29.3 Å². The number of pyridine rings is 1. The molecule has 6 nitrogen and oxygen atoms in total. The maximum atomic E-state index is 9.10. The third kappa shape index (κ3) is 2.79. The number of aromatic nitrogens is 4. The summed E-state index contributed by atoms with van der Waals surface area (Å²) in [6.45, 7) is 2.03. The topological polar surface area (TPSA) is 79.4 Å². The molecule has 108 valence electrons. The largest absolute Gasteiger partial charge is 0.362 e. The van der Waals surface area contributed by atoms with Gasteiger partial charge in [0.05, 0.1) is 11.3 Å². The third-order valence-corrected chi connectivity index (χ3v) is 3.36. The summed E-state index contributed by atoms with van der Waals surface area (Å²) in [7, 11) is 0. The SMILES string of the molecule is C[C@@H](Nc1ncccc1C#N)c1ccc(-n2cncn2)cc1. The van der Waals surface area contributed by atoms with Gasteiger partial charge < -0.3 is 5.32 Å². The van der Waals surface area contributed by atoms with E-state index in [0.29, 0.717) is 11.4 Å². The molecule has 0 amide bonds. The van der Waals surface area contributed by atoms with Gasteiger partial charge >= 0.3 is 0 Å². The Hall–Kier alpha value is -3.20. The zero-order valence-corrected chi connectivity index (χ0v) is 12.0. The van der Waals surface area contributed by atoms with Crippen LogP contribution in [0.3, 0.4) is 0 Å². The number of rotatable bonds is 4. The van der Waals surface area contributed by atoms with Crippen LogP contribution in [0.1, 0.15) is 24.1 Å². The Morgan fingerprint density at radius 1 is 1.23 bits per heavy atom. The van der Waals surface area contributed by atoms with Gasteiger partial charge in [0.1, 0.15) is 24.5 Å². The highest BCUT2D eigenvalue weighted by atomic mass is 15.3. The second-order valence-corrected chi connectivity index (χ2v) is 4.81. The smallest absolute Gasteiger partial charge is 0.144 e. The second kappa shape index (κ2) is 6.06. The minimum Gasteiger partial charge on any atom is -0.362 e. The summed E-state index contributed by atoms with van der Waals surface area (Å²) in [5.74, 6) is 0.595. The molecule has 0 radical (unpaired) electrons. The van der Waals surface area contributed by atoms with E-state index >= 15 is 0 Å². The Balaban J connectivity index is 1.78. The van der Waals surface area contributed by atoms with Crippen molar-refractivity contribution >= 4 is 5.82 Å². The molecule has 22 heavy (non-hydrogen) atoms. The first-order valence-electron chi connectivity index (χ1n) is 6.84. The molecule has 1 atom stereocenters. The van der Waals surface area contributed by atoms with Crippen LogP contribution in [0.15, 0.2) is 55.2 Å². The van der Waals surface area contributed by atoms with E-state index in [9.17, 15) is 0 Å². The molecule has 0 aliphatic rings. The van der Waals surface area contributed by atoms with Crippen molar-refractivity contribution in [3.63, 3.8) is 0 Å². The molecule has 0 aliphatic heterocycles. The van der Waals surface area contributed by atoms with Crippen molar-refractivity contribution in [1.82, 2.24) is 19.7 Å². The van der Waals surface area contributed by atoms with Crippen LogP contribution in [-0.4, -0.2) is 19.7 Å². The zero-order valence-electron chi connectivity index (χ0n) is 12.0. The van der Waals surface area contributed by atoms with E-state index in [2.05, 4.69) is 26.5 Å². The van der Waals surface area contributed by atoms with Gasteiger partial charge in [0.25, 0.3) is 0 Å². The number of anilines is 1. The van der Waals surface area contributed by atoms with Crippen LogP contribution in [0, 0.1) is 11.3 Å². The van der Waals surface area contributed by atoms with E-state index in [0.717, 1.165) is 11.3 Å². The monoisotopic (exact) mass is 290 g/mol. The second-order valence-electron chi connectivity index (χ2n) is 4.81. The van der Waals surface area contributed by atoms with Crippen molar-refractivity contribution in [1.29, 1.82) is 5.26 Å². The first-order chi connectivity index (χ1) is 10.8. The summed E-state index contributed by atoms with van der Waals surface area (Å²) in [6, 6.07) is 13.7. The molecule has 1 aromatic carbocycles. The summed E-state index contributed by atoms with van der Waals surface area (Å²) in [4.78, 5) is 8.15. The Morgan fingerprint density at radius 2 is 2.05 bits per heavy atom. The molecule has 0 saturated heterocycles. The molecule has 0 saturated carbocycles. The van der Waals surface area contributed by atoms with Crippen molar-refractivity contribution in [3.05, 3.63) is 66.4 Å². The molecular formula is C16H14N6. The van der Waals surface area contributed by atoms with Crippen LogP contribution in [-0.2, 0) is 0 Å². The predicted octanol–water partition coefficient (Wildman–Crippen LogP) is 2.71. The Morgan fingerprint density at radius 3 is 2.73 bits per heavy atom. The van der Waals surface area contributed by atoms with Gasteiger partial charge in [-0.1, -0.05) is 12.1 Å². The van der Waals surface area contributed by atoms with Gasteiger partial charge in [0.15, 0.2) is 0 Å². The molecule has 0 bridgehead atoms. The molecule has 6 heteroatoms. The predicted molar refractivity (Wildman–Crippen MR) is 82.3 cm³/mol. The maximum Gasteiger partial charge on any atom is 0.144 e. The van der Waals surface area contributed by atoms with Crippen LogP contribution in [0.2, 0.25) is 0 Å². The first kappa shape index (κ1) is 13.8. The summed E-state index contributed by atoms with van der Waals surface area (Å²) >= 11 is 0. The van der Waals surface area contributed by atoms with Crippen molar-refractivity contribution in [2.24, 2.45) is 0 Å². The van der Waals surface area contributed by atoms with Crippen LogP contribution in [0.5, 0.6) is 0 Å². The molecule has 0 fully saturated rings. The average Bonchev–Trinajstić information content (AvgIpc) is 3.10. The molecule has 3 aromatic rings. The van der Waals surface area contributed by atoms with E-state index in [1.807, 2.05) is 31.2 Å². The van der Waals surface area contributed by atoms with Crippen LogP contribution in [0.25, 0.3) is 5.69 Å². The minimum absolute atomic E-state index is 0.0341. The van der Waals surface area contributed by atoms with Crippen LogP contribution in [0.4, 0.5) is 5.82 Å². The number of nitrogens with zero attached hydrogens (tertiary/aromatic N) is 5. The van der Waals surface area contributed by atoms with Crippen molar-refractivity contribution in [3.8, 4) is 11.8 Å². The quantitative estimate of drug-likeness (QED) is 0.799. The Bertz CT molecular complexity index is 786. The van der Waals surface area contributed by atoms with Gasteiger partial charge in [-0.15, -0.1) is 0 Å². The highest BCUT2D eigenvalue weighted by Gasteiger charge is 2.09. The van der Waals surface area contributed by atoms with Crippen molar-refractivity contribution in [2.75, 3.05) is 5.32 Å². The summed E-state index contributed by atoms with van der Waals surface area (Å²) in [5.41, 5.74) is 2.58. The molecule has 1 N–H and O–H groups in total. The fourth-order valence-corrected chi connectivity index (χ4v) is 2.16. The fourth-order valence-electron chi connectivity index (χ4n) is 2.16. The summed E-state index contributed by atoms with van der Waals surface area (Å²) in [6.07, 6.45) is 4.83. The zero-order chi connectivity index (χ0) is 15.4. The average molecular weight is 290 g/mol. The van der Waals surface area contributed by atoms with Gasteiger partial charge in [-0.2, -0.15) is 10.4 Å². The van der Waals surface area contributed by atoms with E-state index in [-0.39, 0.29) is 6.04 Å². The fraction of sp³-hybridized carbons (Fsp3) is 0.125. The van der Waals surface area contributed by atoms with Crippen LogP contribution < -0.4 is 5.32 Å². The van der Waals surface area contributed by atoms with Gasteiger partial charge in [0, 0.05) is 12.2 Å². The van der Waals surface area contributed by atoms with Crippen LogP contribution >= 0.6 is 0 Å². The molecule has 0 unspecified atom stereocenters. The number of nitrogens with one attached hydrogen (secondary N) is 1. The van der Waals surface area contributed by atoms with Crippen molar-refractivity contribution in [2.45, 2.75) is 13.0 Å². The van der Waals surface area contributed by atoms with E-state index in [1.165, 1.54) is 6.33 Å². The third-order valence-electron chi connectivity index (χ3n) is 3.36. The van der Waals surface area contributed by atoms with Crippen molar-refractivity contribution < 1.29 is 0 Å². The van der Waals surface area contributed by atoms with Gasteiger partial charge in [-0.25, -0.2) is 14.6 Å². The Labute approximate surface area is 128 Å². The molecule has 0 aliphatic carbocycles. The summed E-state index contributed by atoms with van der Waals surface area (Å²) < 4.78 is 1.70. The highest BCUT2D eigenvalue weighted by molar-refractivity contribution is 5.52. The lowest BCUT2D eigenvalue weighted by Gasteiger charge is -2.16. The van der Waals surface area contributed by atoms with E-state index in [4.69, 9.17) is 5.26 Å². The van der Waals surface area contributed by atoms with E-state index < -0.39 is 0 Å².